The Bertz CT molecular complexity index is 1340. The highest BCUT2D eigenvalue weighted by Gasteiger charge is 2.47. The van der Waals surface area contributed by atoms with Crippen molar-refractivity contribution >= 4 is 5.84 Å². The number of rotatable bonds is 16. The lowest BCUT2D eigenvalue weighted by molar-refractivity contribution is -0.0880. The highest BCUT2D eigenvalue weighted by atomic mass is 19.3. The molecule has 1 aromatic rings. The zero-order chi connectivity index (χ0) is 34.2. The van der Waals surface area contributed by atoms with Gasteiger partial charge in [-0.05, 0) is 90.6 Å². The molecule has 46 heavy (non-hydrogen) atoms. The lowest BCUT2D eigenvalue weighted by Gasteiger charge is -2.36. The number of benzene rings is 1. The second-order valence-corrected chi connectivity index (χ2v) is 13.3. The van der Waals surface area contributed by atoms with Crippen LogP contribution < -0.4 is 11.5 Å². The van der Waals surface area contributed by atoms with E-state index < -0.39 is 47.0 Å². The number of nitrogens with two attached hydrogens (primary N) is 2. The van der Waals surface area contributed by atoms with Gasteiger partial charge in [-0.3, -0.25) is 4.99 Å². The number of likely N-dealkylation sites (tertiary alicyclic amines) is 1. The third-order valence-corrected chi connectivity index (χ3v) is 9.51. The topological polar surface area (TPSA) is 91.4 Å². The Kier molecular flexibility index (Phi) is 13.0. The van der Waals surface area contributed by atoms with Crippen molar-refractivity contribution in [2.75, 3.05) is 19.6 Å². The largest absolute Gasteiger partial charge is 0.402 e. The smallest absolute Gasteiger partial charge is 0.278 e. The van der Waals surface area contributed by atoms with E-state index in [2.05, 4.69) is 22.5 Å². The maximum atomic E-state index is 15.8. The fourth-order valence-electron chi connectivity index (χ4n) is 6.27. The summed E-state index contributed by atoms with van der Waals surface area (Å²) in [5.74, 6) is -5.92. The van der Waals surface area contributed by atoms with Gasteiger partial charge in [-0.25, -0.2) is 22.0 Å². The summed E-state index contributed by atoms with van der Waals surface area (Å²) in [4.78, 5) is 6.61. The van der Waals surface area contributed by atoms with E-state index in [1.165, 1.54) is 12.1 Å². The maximum absolute atomic E-state index is 15.8. The summed E-state index contributed by atoms with van der Waals surface area (Å²) in [5, 5.41) is 9.71. The molecule has 1 unspecified atom stereocenters. The summed E-state index contributed by atoms with van der Waals surface area (Å²) >= 11 is 0. The molecule has 1 saturated heterocycles. The molecule has 3 rings (SSSR count). The van der Waals surface area contributed by atoms with Crippen LogP contribution in [0.1, 0.15) is 103 Å². The van der Waals surface area contributed by atoms with Crippen molar-refractivity contribution in [3.05, 3.63) is 70.2 Å². The SMILES string of the molecule is C=C(C)C(=C/C(C(N)=N[C@H](C)c1cccc(C(F)(F)C2CCN(CCCCCCC(C)C(F)F)CC2)c1F)=C(\C)N)C1(C#N)CC1. The molecule has 1 aromatic carbocycles. The Labute approximate surface area is 271 Å². The van der Waals surface area contributed by atoms with E-state index in [1.807, 2.05) is 0 Å². The van der Waals surface area contributed by atoms with Crippen molar-refractivity contribution in [3.8, 4) is 6.07 Å². The summed E-state index contributed by atoms with van der Waals surface area (Å²) in [7, 11) is 0. The van der Waals surface area contributed by atoms with Crippen molar-refractivity contribution in [3.63, 3.8) is 0 Å². The third kappa shape index (κ3) is 9.21. The number of nitrogens with zero attached hydrogens (tertiary/aromatic N) is 3. The van der Waals surface area contributed by atoms with Gasteiger partial charge in [0, 0.05) is 28.7 Å². The average molecular weight is 648 g/mol. The van der Waals surface area contributed by atoms with Crippen molar-refractivity contribution in [2.45, 2.75) is 104 Å². The number of hydrogen-bond donors (Lipinski definition) is 2. The summed E-state index contributed by atoms with van der Waals surface area (Å²) < 4.78 is 72.7. The van der Waals surface area contributed by atoms with Crippen LogP contribution in [-0.2, 0) is 5.92 Å². The fourth-order valence-corrected chi connectivity index (χ4v) is 6.27. The summed E-state index contributed by atoms with van der Waals surface area (Å²) in [5.41, 5.74) is 13.4. The molecule has 0 bridgehead atoms. The summed E-state index contributed by atoms with van der Waals surface area (Å²) in [6, 6.07) is 5.48. The number of amidine groups is 1. The number of piperidine rings is 1. The van der Waals surface area contributed by atoms with Gasteiger partial charge in [-0.1, -0.05) is 56.5 Å². The molecule has 0 radical (unpaired) electrons. The minimum Gasteiger partial charge on any atom is -0.402 e. The molecule has 2 atom stereocenters. The van der Waals surface area contributed by atoms with Crippen LogP contribution in [0, 0.1) is 34.4 Å². The predicted octanol–water partition coefficient (Wildman–Crippen LogP) is 8.94. The molecule has 254 valence electrons. The lowest BCUT2D eigenvalue weighted by atomic mass is 9.85. The first-order valence-electron chi connectivity index (χ1n) is 16.4. The first-order valence-corrected chi connectivity index (χ1v) is 16.4. The molecular formula is C36H50F5N5. The fraction of sp³-hybridized carbons (Fsp3) is 0.611. The highest BCUT2D eigenvalue weighted by molar-refractivity contribution is 6.00. The Hall–Kier alpha value is -3.19. The first kappa shape index (κ1) is 37.3. The van der Waals surface area contributed by atoms with Crippen LogP contribution in [0.3, 0.4) is 0 Å². The number of nitriles is 1. The van der Waals surface area contributed by atoms with Crippen molar-refractivity contribution in [1.82, 2.24) is 4.90 Å². The van der Waals surface area contributed by atoms with Gasteiger partial charge in [0.1, 0.15) is 11.7 Å². The lowest BCUT2D eigenvalue weighted by Crippen LogP contribution is -2.40. The second-order valence-electron chi connectivity index (χ2n) is 13.3. The van der Waals surface area contributed by atoms with Gasteiger partial charge < -0.3 is 16.4 Å². The van der Waals surface area contributed by atoms with E-state index in [0.29, 0.717) is 49.2 Å². The minimum atomic E-state index is -3.36. The van der Waals surface area contributed by atoms with E-state index in [9.17, 15) is 14.0 Å². The quantitative estimate of drug-likeness (QED) is 0.0616. The number of alkyl halides is 4. The first-order chi connectivity index (χ1) is 21.6. The van der Waals surface area contributed by atoms with Crippen LogP contribution in [0.5, 0.6) is 0 Å². The average Bonchev–Trinajstić information content (AvgIpc) is 3.79. The van der Waals surface area contributed by atoms with Gasteiger partial charge in [0.25, 0.3) is 5.92 Å². The zero-order valence-corrected chi connectivity index (χ0v) is 27.7. The Balaban J connectivity index is 1.66. The molecule has 2 fully saturated rings. The summed E-state index contributed by atoms with van der Waals surface area (Å²) in [6.07, 6.45) is 5.29. The van der Waals surface area contributed by atoms with E-state index in [-0.39, 0.29) is 24.2 Å². The van der Waals surface area contributed by atoms with E-state index in [0.717, 1.165) is 43.9 Å². The molecule has 10 heteroatoms. The molecule has 1 saturated carbocycles. The van der Waals surface area contributed by atoms with Gasteiger partial charge in [0.05, 0.1) is 23.1 Å². The summed E-state index contributed by atoms with van der Waals surface area (Å²) in [6.45, 7) is 12.4. The number of hydrogen-bond acceptors (Lipinski definition) is 4. The Morgan fingerprint density at radius 3 is 2.30 bits per heavy atom. The van der Waals surface area contributed by atoms with Crippen LogP contribution in [0.15, 0.2) is 58.3 Å². The van der Waals surface area contributed by atoms with Crippen LogP contribution in [0.2, 0.25) is 0 Å². The van der Waals surface area contributed by atoms with Crippen molar-refractivity contribution < 1.29 is 22.0 Å². The van der Waals surface area contributed by atoms with E-state index in [4.69, 9.17) is 11.5 Å². The van der Waals surface area contributed by atoms with Crippen LogP contribution in [0.4, 0.5) is 22.0 Å². The number of unbranched alkanes of at least 4 members (excludes halogenated alkanes) is 3. The Morgan fingerprint density at radius 2 is 1.76 bits per heavy atom. The molecule has 0 spiro atoms. The van der Waals surface area contributed by atoms with Crippen LogP contribution in [-0.4, -0.2) is 36.8 Å². The second kappa shape index (κ2) is 16.1. The van der Waals surface area contributed by atoms with E-state index in [1.54, 1.807) is 33.8 Å². The van der Waals surface area contributed by atoms with Gasteiger partial charge in [0.15, 0.2) is 0 Å². The van der Waals surface area contributed by atoms with Gasteiger partial charge in [0.2, 0.25) is 6.43 Å². The molecule has 2 aliphatic rings. The molecule has 4 N–H and O–H groups in total. The molecule has 0 amide bonds. The molecule has 1 aliphatic heterocycles. The predicted molar refractivity (Wildman–Crippen MR) is 175 cm³/mol. The third-order valence-electron chi connectivity index (χ3n) is 9.51. The van der Waals surface area contributed by atoms with Crippen molar-refractivity contribution in [1.29, 1.82) is 5.26 Å². The minimum absolute atomic E-state index is 0.00863. The van der Waals surface area contributed by atoms with E-state index >= 15 is 13.2 Å². The standard InChI is InChI=1S/C36H50F5N5/c1-23(2)31(35(22-42)16-17-35)21-29(25(4)43)34(44)45-26(5)28-12-10-13-30(32(28)37)36(40,41)27-14-19-46(20-15-27)18-9-7-6-8-11-24(3)33(38)39/h10,12-13,21,24,26-27,33H,1,6-9,11,14-20,43H2,2-5H3,(H2,44,45)/b29-25-,31-21?/t24?,26-/m1/s1. The normalized spacial score (nSPS) is 19.8. The van der Waals surface area contributed by atoms with Gasteiger partial charge >= 0.3 is 0 Å². The monoisotopic (exact) mass is 647 g/mol. The van der Waals surface area contributed by atoms with Crippen molar-refractivity contribution in [2.24, 2.45) is 33.7 Å². The number of aliphatic imine (C=N–C) groups is 1. The van der Waals surface area contributed by atoms with Gasteiger partial charge in [-0.2, -0.15) is 5.26 Å². The van der Waals surface area contributed by atoms with Gasteiger partial charge in [-0.15, -0.1) is 0 Å². The molecular weight excluding hydrogens is 597 g/mol. The van der Waals surface area contributed by atoms with Crippen LogP contribution >= 0.6 is 0 Å². The molecule has 5 nitrogen and oxygen atoms in total. The Morgan fingerprint density at radius 1 is 1.13 bits per heavy atom. The zero-order valence-electron chi connectivity index (χ0n) is 27.7. The van der Waals surface area contributed by atoms with Crippen LogP contribution in [0.25, 0.3) is 0 Å². The molecule has 0 aromatic heterocycles. The number of allylic oxidation sites excluding steroid dienone is 3. The molecule has 1 heterocycles. The maximum Gasteiger partial charge on any atom is 0.278 e. The number of halogens is 5. The highest BCUT2D eigenvalue weighted by Crippen LogP contribution is 2.53. The molecule has 1 aliphatic carbocycles.